The second-order valence-corrected chi connectivity index (χ2v) is 13.3. The number of ether oxygens (including phenoxy) is 4. The number of phenolic OH excluding ortho intramolecular Hbond substituents is 1. The fraction of sp³-hybridized carbons (Fsp3) is 0.444. The third-order valence-corrected chi connectivity index (χ3v) is 10.4. The average molecular weight is 599 g/mol. The van der Waals surface area contributed by atoms with E-state index in [2.05, 4.69) is 13.5 Å². The summed E-state index contributed by atoms with van der Waals surface area (Å²) < 4.78 is 26.5. The summed E-state index contributed by atoms with van der Waals surface area (Å²) in [4.78, 5) is 26.6. The van der Waals surface area contributed by atoms with Gasteiger partial charge in [0.05, 0.1) is 18.4 Å². The minimum atomic E-state index is -1.78. The molecule has 3 bridgehead atoms. The van der Waals surface area contributed by atoms with Crippen molar-refractivity contribution in [2.45, 2.75) is 75.3 Å². The van der Waals surface area contributed by atoms with Gasteiger partial charge in [0.15, 0.2) is 5.78 Å². The van der Waals surface area contributed by atoms with E-state index in [0.29, 0.717) is 29.6 Å². The molecule has 8 nitrogen and oxygen atoms in total. The van der Waals surface area contributed by atoms with Crippen molar-refractivity contribution in [3.8, 4) is 5.75 Å². The lowest BCUT2D eigenvalue weighted by Gasteiger charge is -2.59. The average Bonchev–Trinajstić information content (AvgIpc) is 3.29. The third kappa shape index (κ3) is 4.19. The van der Waals surface area contributed by atoms with Gasteiger partial charge in [0, 0.05) is 18.3 Å². The molecule has 8 unspecified atom stereocenters. The summed E-state index contributed by atoms with van der Waals surface area (Å²) in [6, 6.07) is 16.2. The smallest absolute Gasteiger partial charge is 0.310 e. The van der Waals surface area contributed by atoms with Gasteiger partial charge in [-0.2, -0.15) is 0 Å². The number of aliphatic hydroxyl groups is 1. The number of benzene rings is 2. The molecule has 2 aromatic rings. The number of hydrogen-bond donors (Lipinski definition) is 2. The van der Waals surface area contributed by atoms with Crippen molar-refractivity contribution in [2.24, 2.45) is 17.8 Å². The molecule has 0 amide bonds. The van der Waals surface area contributed by atoms with Crippen LogP contribution in [0.15, 0.2) is 90.0 Å². The molecule has 0 aromatic heterocycles. The molecule has 2 aliphatic heterocycles. The summed E-state index contributed by atoms with van der Waals surface area (Å²) in [5, 5.41) is 21.9. The van der Waals surface area contributed by atoms with Crippen LogP contribution in [0, 0.1) is 17.8 Å². The Morgan fingerprint density at radius 1 is 1.07 bits per heavy atom. The summed E-state index contributed by atoms with van der Waals surface area (Å²) in [5.74, 6) is -3.37. The Balaban J connectivity index is 1.29. The molecule has 230 valence electrons. The SMILES string of the molecule is C=C(C)C12CC(C)C34OC(Cc5ccccc5)(OC1C3C=C(COC(=O)Cc1ccc(O)cc1)CC1(O)C(=O)C(C)=CC14)O2. The largest absolute Gasteiger partial charge is 0.508 e. The van der Waals surface area contributed by atoms with Gasteiger partial charge in [-0.25, -0.2) is 0 Å². The molecule has 3 aliphatic carbocycles. The van der Waals surface area contributed by atoms with Crippen molar-refractivity contribution >= 4 is 11.8 Å². The first-order valence-corrected chi connectivity index (χ1v) is 15.3. The van der Waals surface area contributed by atoms with E-state index in [9.17, 15) is 19.8 Å². The summed E-state index contributed by atoms with van der Waals surface area (Å²) in [5.41, 5.74) is -0.0509. The molecule has 2 saturated heterocycles. The normalized spacial score (nSPS) is 38.3. The second-order valence-electron chi connectivity index (χ2n) is 13.3. The Bertz CT molecular complexity index is 1590. The van der Waals surface area contributed by atoms with Crippen LogP contribution in [0.4, 0.5) is 0 Å². The molecular formula is C36H38O8. The van der Waals surface area contributed by atoms with Crippen molar-refractivity contribution in [3.63, 3.8) is 0 Å². The molecule has 7 rings (SSSR count). The highest BCUT2D eigenvalue weighted by Crippen LogP contribution is 2.68. The highest BCUT2D eigenvalue weighted by atomic mass is 16.9. The number of aromatic hydroxyl groups is 1. The zero-order chi connectivity index (χ0) is 31.1. The van der Waals surface area contributed by atoms with Crippen LogP contribution < -0.4 is 0 Å². The number of ketones is 1. The lowest BCUT2D eigenvalue weighted by Crippen LogP contribution is -2.70. The first-order chi connectivity index (χ1) is 20.9. The Morgan fingerprint density at radius 2 is 1.80 bits per heavy atom. The van der Waals surface area contributed by atoms with Crippen LogP contribution in [-0.4, -0.2) is 57.5 Å². The lowest BCUT2D eigenvalue weighted by atomic mass is 9.55. The first-order valence-electron chi connectivity index (χ1n) is 15.3. The van der Waals surface area contributed by atoms with E-state index in [1.165, 1.54) is 12.1 Å². The zero-order valence-electron chi connectivity index (χ0n) is 25.2. The number of carbonyl (C=O) groups excluding carboxylic acids is 2. The first kappa shape index (κ1) is 29.2. The van der Waals surface area contributed by atoms with Crippen LogP contribution in [0.2, 0.25) is 0 Å². The van der Waals surface area contributed by atoms with Crippen LogP contribution in [0.1, 0.15) is 44.7 Å². The van der Waals surface area contributed by atoms with Gasteiger partial charge in [-0.3, -0.25) is 9.59 Å². The van der Waals surface area contributed by atoms with Gasteiger partial charge in [-0.15, -0.1) is 0 Å². The van der Waals surface area contributed by atoms with E-state index < -0.39 is 46.7 Å². The molecule has 3 fully saturated rings. The molecule has 2 aromatic carbocycles. The molecule has 0 radical (unpaired) electrons. The Labute approximate surface area is 257 Å². The van der Waals surface area contributed by atoms with Gasteiger partial charge in [0.1, 0.15) is 29.7 Å². The topological polar surface area (TPSA) is 112 Å². The van der Waals surface area contributed by atoms with Crippen molar-refractivity contribution in [2.75, 3.05) is 6.61 Å². The van der Waals surface area contributed by atoms with Gasteiger partial charge < -0.3 is 29.2 Å². The minimum absolute atomic E-state index is 0.00446. The third-order valence-electron chi connectivity index (χ3n) is 10.4. The fourth-order valence-electron chi connectivity index (χ4n) is 8.49. The van der Waals surface area contributed by atoms with E-state index in [-0.39, 0.29) is 36.9 Å². The minimum Gasteiger partial charge on any atom is -0.508 e. The van der Waals surface area contributed by atoms with E-state index in [0.717, 1.165) is 11.1 Å². The van der Waals surface area contributed by atoms with Crippen molar-refractivity contribution < 1.29 is 38.7 Å². The van der Waals surface area contributed by atoms with Gasteiger partial charge in [-0.05, 0) is 66.2 Å². The maximum absolute atomic E-state index is 13.7. The summed E-state index contributed by atoms with van der Waals surface area (Å²) >= 11 is 0. The molecule has 44 heavy (non-hydrogen) atoms. The fourth-order valence-corrected chi connectivity index (χ4v) is 8.49. The summed E-state index contributed by atoms with van der Waals surface area (Å²) in [6.45, 7) is 10.0. The van der Waals surface area contributed by atoms with Crippen molar-refractivity contribution in [1.82, 2.24) is 0 Å². The van der Waals surface area contributed by atoms with Gasteiger partial charge in [0.2, 0.25) is 0 Å². The van der Waals surface area contributed by atoms with Crippen LogP contribution in [-0.2, 0) is 41.4 Å². The van der Waals surface area contributed by atoms with E-state index >= 15 is 0 Å². The predicted octanol–water partition coefficient (Wildman–Crippen LogP) is 4.74. The number of rotatable bonds is 7. The lowest BCUT2D eigenvalue weighted by molar-refractivity contribution is -0.421. The Hall–Kier alpha value is -3.56. The zero-order valence-corrected chi connectivity index (χ0v) is 25.2. The highest BCUT2D eigenvalue weighted by molar-refractivity contribution is 6.04. The summed E-state index contributed by atoms with van der Waals surface area (Å²) in [6.07, 6.45) is 4.28. The Morgan fingerprint density at radius 3 is 2.50 bits per heavy atom. The molecule has 8 atom stereocenters. The number of Topliss-reactive ketones (excluding diaryl/α,β-unsaturated/α-hetero) is 1. The summed E-state index contributed by atoms with van der Waals surface area (Å²) in [7, 11) is 0. The molecule has 1 saturated carbocycles. The maximum atomic E-state index is 13.7. The monoisotopic (exact) mass is 598 g/mol. The number of carbonyl (C=O) groups is 2. The van der Waals surface area contributed by atoms with Crippen LogP contribution in [0.3, 0.4) is 0 Å². The van der Waals surface area contributed by atoms with Crippen molar-refractivity contribution in [3.05, 3.63) is 101 Å². The van der Waals surface area contributed by atoms with E-state index in [1.807, 2.05) is 49.4 Å². The van der Waals surface area contributed by atoms with Gasteiger partial charge in [-0.1, -0.05) is 68.1 Å². The molecule has 8 heteroatoms. The van der Waals surface area contributed by atoms with Crippen LogP contribution >= 0.6 is 0 Å². The van der Waals surface area contributed by atoms with E-state index in [1.54, 1.807) is 19.1 Å². The van der Waals surface area contributed by atoms with Crippen LogP contribution in [0.25, 0.3) is 0 Å². The van der Waals surface area contributed by atoms with Crippen LogP contribution in [0.5, 0.6) is 5.75 Å². The number of phenols is 1. The molecule has 5 aliphatic rings. The van der Waals surface area contributed by atoms with Gasteiger partial charge in [0.25, 0.3) is 5.97 Å². The standard InChI is InChI=1S/C36H38O8/c1-21(2)34-17-23(4)36-28(32(34)42-35(43-34,44-36)19-25-8-6-5-7-9-25)15-26(18-33(40)29(36)14-22(3)31(33)39)20-41-30(38)16-24-10-12-27(37)13-11-24/h5-15,23,28-29,32,37,40H,1,16-20H2,2-4H3. The number of esters is 1. The maximum Gasteiger partial charge on any atom is 0.310 e. The predicted molar refractivity (Wildman–Crippen MR) is 160 cm³/mol. The highest BCUT2D eigenvalue weighted by Gasteiger charge is 2.79. The van der Waals surface area contributed by atoms with E-state index in [4.69, 9.17) is 18.9 Å². The van der Waals surface area contributed by atoms with Crippen molar-refractivity contribution in [1.29, 1.82) is 0 Å². The quantitative estimate of drug-likeness (QED) is 0.348. The Kier molecular flexibility index (Phi) is 6.61. The molecular weight excluding hydrogens is 560 g/mol. The second kappa shape index (κ2) is 9.97. The molecule has 2 heterocycles. The molecule has 0 spiro atoms. The van der Waals surface area contributed by atoms with Gasteiger partial charge >= 0.3 is 5.97 Å². The number of hydrogen-bond acceptors (Lipinski definition) is 8. The number of fused-ring (bicyclic) bond motifs is 2. The molecule has 2 N–H and O–H groups in total.